The molecule has 0 saturated carbocycles. The van der Waals surface area contributed by atoms with E-state index in [9.17, 15) is 13.2 Å². The minimum absolute atomic E-state index is 0.0461. The summed E-state index contributed by atoms with van der Waals surface area (Å²) in [6.45, 7) is 0.122. The van der Waals surface area contributed by atoms with Crippen molar-refractivity contribution < 1.29 is 23.1 Å². The zero-order chi connectivity index (χ0) is 12.5. The molecule has 1 aromatic rings. The average molecular weight is 260 g/mol. The van der Waals surface area contributed by atoms with Crippen LogP contribution in [-0.4, -0.2) is 54.6 Å². The molecule has 1 aliphatic heterocycles. The number of carboxylic acid groups (broad SMARTS) is 1. The first-order chi connectivity index (χ1) is 8.03. The Bertz CT molecular complexity index is 495. The highest BCUT2D eigenvalue weighted by molar-refractivity contribution is 7.89. The maximum absolute atomic E-state index is 12.2. The summed E-state index contributed by atoms with van der Waals surface area (Å²) in [6.07, 6.45) is 2.80. The average Bonchev–Trinajstić information content (AvgIpc) is 2.83. The van der Waals surface area contributed by atoms with E-state index in [1.54, 1.807) is 0 Å². The van der Waals surface area contributed by atoms with Crippen molar-refractivity contribution >= 4 is 16.0 Å². The number of hydrogen-bond donors (Lipinski definition) is 2. The quantitative estimate of drug-likeness (QED) is 0.762. The van der Waals surface area contributed by atoms with Crippen LogP contribution >= 0.6 is 0 Å². The molecule has 0 aromatic carbocycles. The number of nitrogens with zero attached hydrogens (tertiary/aromatic N) is 1. The number of aromatic nitrogens is 1. The fourth-order valence-corrected chi connectivity index (χ4v) is 3.20. The van der Waals surface area contributed by atoms with E-state index in [0.717, 1.165) is 4.31 Å². The first-order valence-corrected chi connectivity index (χ1v) is 6.42. The maximum Gasteiger partial charge on any atom is 0.324 e. The van der Waals surface area contributed by atoms with Crippen molar-refractivity contribution in [3.05, 3.63) is 18.5 Å². The van der Waals surface area contributed by atoms with Crippen LogP contribution in [0.15, 0.2) is 23.4 Å². The third kappa shape index (κ3) is 2.19. The molecule has 8 heteroatoms. The van der Waals surface area contributed by atoms with Crippen molar-refractivity contribution in [1.82, 2.24) is 9.29 Å². The van der Waals surface area contributed by atoms with Crippen LogP contribution in [0, 0.1) is 0 Å². The lowest BCUT2D eigenvalue weighted by Crippen LogP contribution is -2.52. The Labute approximate surface area is 98.0 Å². The largest absolute Gasteiger partial charge is 0.480 e. The summed E-state index contributed by atoms with van der Waals surface area (Å²) in [4.78, 5) is 13.7. The molecule has 0 aliphatic carbocycles. The molecule has 0 amide bonds. The number of aliphatic carboxylic acids is 1. The van der Waals surface area contributed by atoms with Gasteiger partial charge in [0.25, 0.3) is 0 Å². The van der Waals surface area contributed by atoms with Crippen LogP contribution in [0.4, 0.5) is 0 Å². The molecule has 2 heterocycles. The highest BCUT2D eigenvalue weighted by Gasteiger charge is 2.38. The van der Waals surface area contributed by atoms with E-state index in [2.05, 4.69) is 4.98 Å². The van der Waals surface area contributed by atoms with Gasteiger partial charge in [0.1, 0.15) is 6.04 Å². The Morgan fingerprint density at radius 1 is 1.59 bits per heavy atom. The van der Waals surface area contributed by atoms with E-state index >= 15 is 0 Å². The van der Waals surface area contributed by atoms with Crippen molar-refractivity contribution in [2.45, 2.75) is 10.9 Å². The molecular weight excluding hydrogens is 248 g/mol. The summed E-state index contributed by atoms with van der Waals surface area (Å²) in [6, 6.07) is 0.229. The minimum Gasteiger partial charge on any atom is -0.480 e. The first kappa shape index (κ1) is 12.1. The Hall–Kier alpha value is -1.38. The SMILES string of the molecule is O=C(O)C1COCCN1S(=O)(=O)c1cc[nH]c1. The van der Waals surface area contributed by atoms with Crippen molar-refractivity contribution in [3.63, 3.8) is 0 Å². The summed E-state index contributed by atoms with van der Waals surface area (Å²) in [5, 5.41) is 8.98. The van der Waals surface area contributed by atoms with Crippen molar-refractivity contribution in [2.24, 2.45) is 0 Å². The number of H-pyrrole nitrogens is 1. The van der Waals surface area contributed by atoms with Gasteiger partial charge in [-0.05, 0) is 6.07 Å². The van der Waals surface area contributed by atoms with E-state index in [1.165, 1.54) is 18.5 Å². The molecule has 94 valence electrons. The zero-order valence-corrected chi connectivity index (χ0v) is 9.68. The summed E-state index contributed by atoms with van der Waals surface area (Å²) in [5.74, 6) is -1.20. The lowest BCUT2D eigenvalue weighted by atomic mass is 10.3. The fraction of sp³-hybridized carbons (Fsp3) is 0.444. The number of rotatable bonds is 3. The lowest BCUT2D eigenvalue weighted by Gasteiger charge is -2.31. The molecule has 17 heavy (non-hydrogen) atoms. The molecule has 7 nitrogen and oxygen atoms in total. The normalized spacial score (nSPS) is 22.5. The number of carboxylic acids is 1. The second-order valence-corrected chi connectivity index (χ2v) is 5.48. The maximum atomic E-state index is 12.2. The molecular formula is C9H12N2O5S. The molecule has 1 saturated heterocycles. The van der Waals surface area contributed by atoms with Crippen molar-refractivity contribution in [1.29, 1.82) is 0 Å². The van der Waals surface area contributed by atoms with Gasteiger partial charge in [-0.1, -0.05) is 0 Å². The number of ether oxygens (including phenoxy) is 1. The van der Waals surface area contributed by atoms with Crippen LogP contribution in [0.5, 0.6) is 0 Å². The van der Waals surface area contributed by atoms with Gasteiger partial charge in [-0.2, -0.15) is 4.31 Å². The summed E-state index contributed by atoms with van der Waals surface area (Å²) >= 11 is 0. The van der Waals surface area contributed by atoms with E-state index in [1.807, 2.05) is 0 Å². The number of aromatic amines is 1. The molecule has 0 radical (unpaired) electrons. The Morgan fingerprint density at radius 2 is 2.35 bits per heavy atom. The van der Waals surface area contributed by atoms with E-state index in [-0.39, 0.29) is 24.7 Å². The third-order valence-electron chi connectivity index (χ3n) is 2.54. The van der Waals surface area contributed by atoms with Crippen LogP contribution in [0.1, 0.15) is 0 Å². The first-order valence-electron chi connectivity index (χ1n) is 4.98. The highest BCUT2D eigenvalue weighted by atomic mass is 32.2. The predicted octanol–water partition coefficient (Wildman–Crippen LogP) is -0.511. The summed E-state index contributed by atoms with van der Waals surface area (Å²) < 4.78 is 30.3. The second-order valence-electron chi connectivity index (χ2n) is 3.59. The molecule has 1 aromatic heterocycles. The molecule has 0 spiro atoms. The summed E-state index contributed by atoms with van der Waals surface area (Å²) in [7, 11) is -3.77. The zero-order valence-electron chi connectivity index (χ0n) is 8.87. The van der Waals surface area contributed by atoms with Crippen LogP contribution in [0.3, 0.4) is 0 Å². The van der Waals surface area contributed by atoms with Gasteiger partial charge in [0, 0.05) is 18.9 Å². The topological polar surface area (TPSA) is 99.7 Å². The minimum atomic E-state index is -3.77. The number of carbonyl (C=O) groups is 1. The van der Waals surface area contributed by atoms with E-state index < -0.39 is 22.0 Å². The molecule has 1 unspecified atom stereocenters. The molecule has 1 atom stereocenters. The van der Waals surface area contributed by atoms with E-state index in [0.29, 0.717) is 0 Å². The van der Waals surface area contributed by atoms with Gasteiger partial charge in [-0.15, -0.1) is 0 Å². The van der Waals surface area contributed by atoms with Gasteiger partial charge < -0.3 is 14.8 Å². The molecule has 1 fully saturated rings. The second kappa shape index (κ2) is 4.47. The van der Waals surface area contributed by atoms with Gasteiger partial charge in [-0.3, -0.25) is 4.79 Å². The monoisotopic (exact) mass is 260 g/mol. The van der Waals surface area contributed by atoms with Gasteiger partial charge in [-0.25, -0.2) is 8.42 Å². The van der Waals surface area contributed by atoms with Crippen LogP contribution in [0.25, 0.3) is 0 Å². The number of morpholine rings is 1. The van der Waals surface area contributed by atoms with Gasteiger partial charge in [0.05, 0.1) is 18.1 Å². The van der Waals surface area contributed by atoms with Crippen LogP contribution in [-0.2, 0) is 19.6 Å². The summed E-state index contributed by atoms with van der Waals surface area (Å²) in [5.41, 5.74) is 0. The number of sulfonamides is 1. The lowest BCUT2D eigenvalue weighted by molar-refractivity contribution is -0.146. The standard InChI is InChI=1S/C9H12N2O5S/c12-9(13)8-6-16-4-3-11(8)17(14,15)7-1-2-10-5-7/h1-2,5,8,10H,3-4,6H2,(H,12,13). The van der Waals surface area contributed by atoms with Crippen LogP contribution in [0.2, 0.25) is 0 Å². The van der Waals surface area contributed by atoms with Crippen LogP contribution < -0.4 is 0 Å². The Balaban J connectivity index is 2.34. The Morgan fingerprint density at radius 3 is 2.94 bits per heavy atom. The number of nitrogens with one attached hydrogen (secondary N) is 1. The molecule has 2 N–H and O–H groups in total. The molecule has 1 aliphatic rings. The Kier molecular flexibility index (Phi) is 3.18. The van der Waals surface area contributed by atoms with Crippen molar-refractivity contribution in [2.75, 3.05) is 19.8 Å². The highest BCUT2D eigenvalue weighted by Crippen LogP contribution is 2.20. The number of hydrogen-bond acceptors (Lipinski definition) is 4. The van der Waals surface area contributed by atoms with E-state index in [4.69, 9.17) is 9.84 Å². The van der Waals surface area contributed by atoms with Gasteiger partial charge in [0.2, 0.25) is 10.0 Å². The molecule has 2 rings (SSSR count). The fourth-order valence-electron chi connectivity index (χ4n) is 1.68. The van der Waals surface area contributed by atoms with Gasteiger partial charge in [0.15, 0.2) is 0 Å². The molecule has 0 bridgehead atoms. The smallest absolute Gasteiger partial charge is 0.324 e. The van der Waals surface area contributed by atoms with Crippen molar-refractivity contribution in [3.8, 4) is 0 Å². The predicted molar refractivity (Wildman–Crippen MR) is 56.9 cm³/mol. The third-order valence-corrected chi connectivity index (χ3v) is 4.44. The van der Waals surface area contributed by atoms with Gasteiger partial charge >= 0.3 is 5.97 Å².